The molecule has 104 valence electrons. The lowest BCUT2D eigenvalue weighted by atomic mass is 10.1. The topological polar surface area (TPSA) is 75.3 Å². The summed E-state index contributed by atoms with van der Waals surface area (Å²) in [4.78, 5) is 11.8. The van der Waals surface area contributed by atoms with Crippen LogP contribution in [0.4, 0.5) is 10.1 Å². The Labute approximate surface area is 116 Å². The average Bonchev–Trinajstić information content (AvgIpc) is 2.41. The summed E-state index contributed by atoms with van der Waals surface area (Å²) in [5.41, 5.74) is 6.93. The molecule has 0 saturated carbocycles. The number of rotatable bonds is 4. The standard InChI is InChI=1S/C15H15FN2O2/c16-12-2-1-3-13(19)14(12)15(20)18-9-8-10-4-6-11(17)7-5-10/h1-7,19H,8-9,17H2,(H,18,20). The molecule has 0 bridgehead atoms. The molecule has 0 aliphatic heterocycles. The van der Waals surface area contributed by atoms with E-state index < -0.39 is 11.7 Å². The van der Waals surface area contributed by atoms with Gasteiger partial charge in [-0.25, -0.2) is 4.39 Å². The van der Waals surface area contributed by atoms with Gasteiger partial charge in [0.15, 0.2) is 0 Å². The summed E-state index contributed by atoms with van der Waals surface area (Å²) in [6.45, 7) is 0.344. The third kappa shape index (κ3) is 3.26. The first-order valence-electron chi connectivity index (χ1n) is 6.18. The van der Waals surface area contributed by atoms with Crippen molar-refractivity contribution in [2.45, 2.75) is 6.42 Å². The molecule has 0 fully saturated rings. The first-order valence-corrected chi connectivity index (χ1v) is 6.18. The quantitative estimate of drug-likeness (QED) is 0.747. The van der Waals surface area contributed by atoms with Gasteiger partial charge in [-0.05, 0) is 36.2 Å². The summed E-state index contributed by atoms with van der Waals surface area (Å²) in [6.07, 6.45) is 0.598. The molecule has 2 aromatic carbocycles. The predicted octanol–water partition coefficient (Wildman–Crippen LogP) is 2.09. The zero-order valence-electron chi connectivity index (χ0n) is 10.8. The maximum atomic E-state index is 13.5. The molecule has 0 aliphatic carbocycles. The molecule has 5 heteroatoms. The van der Waals surface area contributed by atoms with Crippen LogP contribution in [0.2, 0.25) is 0 Å². The molecule has 0 spiro atoms. The van der Waals surface area contributed by atoms with Gasteiger partial charge in [-0.1, -0.05) is 18.2 Å². The summed E-state index contributed by atoms with van der Waals surface area (Å²) >= 11 is 0. The monoisotopic (exact) mass is 274 g/mol. The van der Waals surface area contributed by atoms with Crippen LogP contribution in [0.25, 0.3) is 0 Å². The minimum Gasteiger partial charge on any atom is -0.507 e. The number of amides is 1. The van der Waals surface area contributed by atoms with Gasteiger partial charge in [0.2, 0.25) is 0 Å². The Bertz CT molecular complexity index is 592. The zero-order chi connectivity index (χ0) is 14.5. The number of hydrogen-bond acceptors (Lipinski definition) is 3. The fraction of sp³-hybridized carbons (Fsp3) is 0.133. The average molecular weight is 274 g/mol. The lowest BCUT2D eigenvalue weighted by Crippen LogP contribution is -2.26. The fourth-order valence-corrected chi connectivity index (χ4v) is 1.83. The molecule has 2 aromatic rings. The van der Waals surface area contributed by atoms with Crippen LogP contribution in [0.1, 0.15) is 15.9 Å². The van der Waals surface area contributed by atoms with E-state index in [9.17, 15) is 14.3 Å². The molecule has 0 heterocycles. The van der Waals surface area contributed by atoms with Gasteiger partial charge in [-0.2, -0.15) is 0 Å². The van der Waals surface area contributed by atoms with E-state index in [4.69, 9.17) is 5.73 Å². The van der Waals surface area contributed by atoms with Crippen molar-refractivity contribution in [2.24, 2.45) is 0 Å². The van der Waals surface area contributed by atoms with Crippen molar-refractivity contribution < 1.29 is 14.3 Å². The molecule has 4 N–H and O–H groups in total. The number of nitrogen functional groups attached to an aromatic ring is 1. The summed E-state index contributed by atoms with van der Waals surface area (Å²) in [5, 5.41) is 12.1. The Kier molecular flexibility index (Phi) is 4.20. The first kappa shape index (κ1) is 13.9. The van der Waals surface area contributed by atoms with Crippen molar-refractivity contribution in [1.82, 2.24) is 5.32 Å². The smallest absolute Gasteiger partial charge is 0.258 e. The van der Waals surface area contributed by atoms with Gasteiger partial charge in [0.25, 0.3) is 5.91 Å². The molecule has 0 saturated heterocycles. The van der Waals surface area contributed by atoms with Gasteiger partial charge in [0.05, 0.1) is 0 Å². The Morgan fingerprint density at radius 1 is 1.20 bits per heavy atom. The second kappa shape index (κ2) is 6.06. The maximum Gasteiger partial charge on any atom is 0.258 e. The molecule has 0 aliphatic rings. The zero-order valence-corrected chi connectivity index (χ0v) is 10.8. The van der Waals surface area contributed by atoms with Crippen molar-refractivity contribution >= 4 is 11.6 Å². The highest BCUT2D eigenvalue weighted by Gasteiger charge is 2.15. The number of hydrogen-bond donors (Lipinski definition) is 3. The van der Waals surface area contributed by atoms with Crippen LogP contribution in [-0.2, 0) is 6.42 Å². The Morgan fingerprint density at radius 3 is 2.55 bits per heavy atom. The van der Waals surface area contributed by atoms with Gasteiger partial charge < -0.3 is 16.2 Å². The molecule has 2 rings (SSSR count). The van der Waals surface area contributed by atoms with Crippen LogP contribution in [0, 0.1) is 5.82 Å². The van der Waals surface area contributed by atoms with Gasteiger partial charge in [-0.15, -0.1) is 0 Å². The van der Waals surface area contributed by atoms with Crippen LogP contribution in [0.5, 0.6) is 5.75 Å². The number of nitrogens with two attached hydrogens (primary N) is 1. The van der Waals surface area contributed by atoms with Gasteiger partial charge in [0, 0.05) is 12.2 Å². The van der Waals surface area contributed by atoms with Crippen molar-refractivity contribution in [3.8, 4) is 5.75 Å². The number of nitrogens with one attached hydrogen (secondary N) is 1. The molecular formula is C15H15FN2O2. The Hall–Kier alpha value is -2.56. The number of phenolic OH excluding ortho intramolecular Hbond substituents is 1. The Morgan fingerprint density at radius 2 is 1.90 bits per heavy atom. The normalized spacial score (nSPS) is 10.2. The molecular weight excluding hydrogens is 259 g/mol. The van der Waals surface area contributed by atoms with Crippen LogP contribution >= 0.6 is 0 Å². The molecule has 0 aromatic heterocycles. The van der Waals surface area contributed by atoms with E-state index in [1.54, 1.807) is 12.1 Å². The van der Waals surface area contributed by atoms with Crippen LogP contribution in [0.3, 0.4) is 0 Å². The number of carbonyl (C=O) groups excluding carboxylic acids is 1. The predicted molar refractivity (Wildman–Crippen MR) is 75.0 cm³/mol. The number of aromatic hydroxyl groups is 1. The summed E-state index contributed by atoms with van der Waals surface area (Å²) < 4.78 is 13.5. The van der Waals surface area contributed by atoms with Crippen LogP contribution < -0.4 is 11.1 Å². The van der Waals surface area contributed by atoms with Gasteiger partial charge in [0.1, 0.15) is 17.1 Å². The van der Waals surface area contributed by atoms with Crippen molar-refractivity contribution in [2.75, 3.05) is 12.3 Å². The van der Waals surface area contributed by atoms with Gasteiger partial charge >= 0.3 is 0 Å². The van der Waals surface area contributed by atoms with E-state index in [0.717, 1.165) is 11.6 Å². The fourth-order valence-electron chi connectivity index (χ4n) is 1.83. The van der Waals surface area contributed by atoms with Gasteiger partial charge in [-0.3, -0.25) is 4.79 Å². The number of carbonyl (C=O) groups is 1. The molecule has 20 heavy (non-hydrogen) atoms. The highest BCUT2D eigenvalue weighted by atomic mass is 19.1. The minimum absolute atomic E-state index is 0.329. The highest BCUT2D eigenvalue weighted by molar-refractivity contribution is 5.97. The third-order valence-corrected chi connectivity index (χ3v) is 2.90. The lowest BCUT2D eigenvalue weighted by Gasteiger charge is -2.08. The number of halogens is 1. The first-order chi connectivity index (χ1) is 9.58. The minimum atomic E-state index is -0.741. The SMILES string of the molecule is Nc1ccc(CCNC(=O)c2c(O)cccc2F)cc1. The van der Waals surface area contributed by atoms with E-state index in [1.165, 1.54) is 12.1 Å². The molecule has 0 radical (unpaired) electrons. The maximum absolute atomic E-state index is 13.5. The summed E-state index contributed by atoms with van der Waals surface area (Å²) in [6, 6.07) is 11.0. The number of phenols is 1. The highest BCUT2D eigenvalue weighted by Crippen LogP contribution is 2.19. The summed E-state index contributed by atoms with van der Waals surface area (Å²) in [7, 11) is 0. The lowest BCUT2D eigenvalue weighted by molar-refractivity contribution is 0.0947. The largest absolute Gasteiger partial charge is 0.507 e. The van der Waals surface area contributed by atoms with Crippen molar-refractivity contribution in [3.63, 3.8) is 0 Å². The van der Waals surface area contributed by atoms with E-state index in [1.807, 2.05) is 12.1 Å². The number of anilines is 1. The third-order valence-electron chi connectivity index (χ3n) is 2.90. The second-order valence-electron chi connectivity index (χ2n) is 4.38. The van der Waals surface area contributed by atoms with E-state index in [-0.39, 0.29) is 11.3 Å². The second-order valence-corrected chi connectivity index (χ2v) is 4.38. The van der Waals surface area contributed by atoms with Crippen molar-refractivity contribution in [3.05, 3.63) is 59.4 Å². The van der Waals surface area contributed by atoms with Crippen molar-refractivity contribution in [1.29, 1.82) is 0 Å². The Balaban J connectivity index is 1.94. The van der Waals surface area contributed by atoms with E-state index in [2.05, 4.69) is 5.32 Å². The van der Waals surface area contributed by atoms with E-state index >= 15 is 0 Å². The molecule has 0 unspecified atom stereocenters. The van der Waals surface area contributed by atoms with Crippen LogP contribution in [0.15, 0.2) is 42.5 Å². The van der Waals surface area contributed by atoms with Crippen LogP contribution in [-0.4, -0.2) is 17.6 Å². The van der Waals surface area contributed by atoms with E-state index in [0.29, 0.717) is 18.7 Å². The molecule has 1 amide bonds. The molecule has 4 nitrogen and oxygen atoms in total. The number of benzene rings is 2. The molecule has 0 atom stereocenters. The summed E-state index contributed by atoms with van der Waals surface area (Å²) in [5.74, 6) is -1.74.